The molecule has 5 aromatic rings. The first-order valence-corrected chi connectivity index (χ1v) is 29.5. The number of anilines is 5. The Morgan fingerprint density at radius 3 is 1.17 bits per heavy atom. The van der Waals surface area contributed by atoms with E-state index in [1.807, 2.05) is 0 Å². The van der Waals surface area contributed by atoms with Crippen LogP contribution in [0.3, 0.4) is 0 Å². The summed E-state index contributed by atoms with van der Waals surface area (Å²) in [6.45, 7) is 0. The molecule has 1 saturated heterocycles. The normalized spacial score (nSPS) is 15.2. The Balaban J connectivity index is 0.000000203. The molecule has 4 aliphatic rings. The lowest BCUT2D eigenvalue weighted by atomic mass is 10.3. The quantitative estimate of drug-likeness (QED) is 0.0411. The standard InChI is InChI=1S/C14H12N2O6S2.C13H8N2O6S.C10H6ClNO5S.C10H7NO3.C6H7NO/c1-23-12-9-13(17)16(14(12)18)10-4-2-5-11(8-10)22-24(19,20)21-7-3-6-15;14-7-2-8-20-22(18,19)21-11-4-1-3-10(9-11)15-12(16)5-6-13(15)17;11-18(15,16)17-8-3-1-2-7(6-8)12-9(13)4-5-10(12)14;12-8-3-1-2-7(6-8)11-9(13)4-5-10(11)14;7-5-2-1-3-6(8)4-5/h2-5,7-8,12H,9H2,1H3;1-6,8-9H;1-6H;1-6,12H;1-4,8H,7H2/b7-3+;8-2+;;;. The number of carbonyl (C=O) groups excluding carboxylic acids is 8. The monoisotopic (exact) mass is 1270 g/mol. The van der Waals surface area contributed by atoms with Gasteiger partial charge >= 0.3 is 30.1 Å². The van der Waals surface area contributed by atoms with Crippen LogP contribution in [0.4, 0.5) is 28.4 Å². The summed E-state index contributed by atoms with van der Waals surface area (Å²) in [7, 11) is -8.09. The van der Waals surface area contributed by atoms with Gasteiger partial charge in [0.05, 0.1) is 63.0 Å². The van der Waals surface area contributed by atoms with E-state index in [-0.39, 0.29) is 75.9 Å². The number of halogens is 1. The van der Waals surface area contributed by atoms with Crippen molar-refractivity contribution in [1.82, 2.24) is 0 Å². The van der Waals surface area contributed by atoms with Crippen LogP contribution >= 0.6 is 22.4 Å². The molecule has 444 valence electrons. The second-order valence-corrected chi connectivity index (χ2v) is 21.6. The first kappa shape index (κ1) is 66.0. The van der Waals surface area contributed by atoms with Crippen molar-refractivity contribution >= 4 is 128 Å². The predicted octanol–water partition coefficient (Wildman–Crippen LogP) is 4.93. The molecule has 8 amide bonds. The first-order valence-electron chi connectivity index (χ1n) is 23.3. The smallest absolute Gasteiger partial charge is 0.500 e. The fourth-order valence-electron chi connectivity index (χ4n) is 6.85. The molecule has 1 unspecified atom stereocenters. The van der Waals surface area contributed by atoms with Gasteiger partial charge in [0.2, 0.25) is 11.8 Å². The highest BCUT2D eigenvalue weighted by atomic mass is 35.7. The van der Waals surface area contributed by atoms with E-state index < -0.39 is 59.0 Å². The maximum absolute atomic E-state index is 12.2. The molecule has 4 heterocycles. The topological polar surface area (TPSA) is 412 Å². The van der Waals surface area contributed by atoms with Crippen molar-refractivity contribution in [3.8, 4) is 40.9 Å². The molecule has 33 heteroatoms. The SMILES string of the molecule is CSC1CC(=O)N(c2cccc(OS(=O)(=O)O/C=C/C#N)c2)C1=O.N#C/C=C/OS(=O)(=O)Oc1cccc(N2C(=O)C=CC2=O)c1.Nc1cccc(O)c1.O=C1C=CC(=O)N1c1cccc(O)c1.O=C1C=CC(=O)N1c1cccc(OS(=O)(=O)Cl)c1. The Morgan fingerprint density at radius 1 is 0.523 bits per heavy atom. The summed E-state index contributed by atoms with van der Waals surface area (Å²) < 4.78 is 90.0. The van der Waals surface area contributed by atoms with Crippen molar-refractivity contribution in [2.75, 3.05) is 31.6 Å². The van der Waals surface area contributed by atoms with Gasteiger partial charge in [-0.1, -0.05) is 30.3 Å². The maximum atomic E-state index is 12.2. The minimum Gasteiger partial charge on any atom is -0.508 e. The highest BCUT2D eigenvalue weighted by Gasteiger charge is 2.39. The molecule has 1 fully saturated rings. The molecule has 1 atom stereocenters. The molecular weight excluding hydrogens is 1230 g/mol. The molecule has 4 aliphatic heterocycles. The molecule has 0 saturated carbocycles. The van der Waals surface area contributed by atoms with Crippen molar-refractivity contribution in [3.63, 3.8) is 0 Å². The highest BCUT2D eigenvalue weighted by molar-refractivity contribution is 8.10. The van der Waals surface area contributed by atoms with Crippen LogP contribution in [-0.4, -0.2) is 94.2 Å². The van der Waals surface area contributed by atoms with Gasteiger partial charge in [0.1, 0.15) is 41.3 Å². The molecule has 28 nitrogen and oxygen atoms in total. The van der Waals surface area contributed by atoms with E-state index in [1.165, 1.54) is 115 Å². The van der Waals surface area contributed by atoms with E-state index >= 15 is 0 Å². The number of benzene rings is 5. The Hall–Kier alpha value is -10.8. The Labute approximate surface area is 497 Å². The zero-order chi connectivity index (χ0) is 63.4. The number of hydrogen-bond acceptors (Lipinski definition) is 25. The van der Waals surface area contributed by atoms with Gasteiger partial charge in [-0.2, -0.15) is 30.7 Å². The van der Waals surface area contributed by atoms with Crippen molar-refractivity contribution in [2.24, 2.45) is 0 Å². The highest BCUT2D eigenvalue weighted by Crippen LogP contribution is 2.32. The molecule has 0 radical (unpaired) electrons. The largest absolute Gasteiger partial charge is 0.508 e. The van der Waals surface area contributed by atoms with Crippen molar-refractivity contribution in [2.45, 2.75) is 11.7 Å². The van der Waals surface area contributed by atoms with E-state index in [1.54, 1.807) is 48.7 Å². The maximum Gasteiger partial charge on any atom is 0.500 e. The van der Waals surface area contributed by atoms with E-state index in [4.69, 9.17) is 36.2 Å². The lowest BCUT2D eigenvalue weighted by Crippen LogP contribution is -2.31. The second-order valence-electron chi connectivity index (χ2n) is 16.2. The van der Waals surface area contributed by atoms with Crippen LogP contribution in [0.15, 0.2) is 182 Å². The number of phenols is 2. The van der Waals surface area contributed by atoms with Crippen LogP contribution in [0, 0.1) is 22.7 Å². The minimum atomic E-state index is -4.42. The average molecular weight is 1270 g/mol. The fraction of sp³-hybridized carbons (Fsp3) is 0.0566. The molecular formula is C53H40ClN7O21S4. The Bertz CT molecular complexity index is 4010. The van der Waals surface area contributed by atoms with Crippen LogP contribution < -0.4 is 37.9 Å². The van der Waals surface area contributed by atoms with E-state index in [0.29, 0.717) is 23.9 Å². The zero-order valence-electron chi connectivity index (χ0n) is 43.5. The molecule has 0 aromatic heterocycles. The summed E-state index contributed by atoms with van der Waals surface area (Å²) in [4.78, 5) is 96.3. The van der Waals surface area contributed by atoms with Crippen molar-refractivity contribution in [3.05, 3.63) is 182 Å². The zero-order valence-corrected chi connectivity index (χ0v) is 47.5. The summed E-state index contributed by atoms with van der Waals surface area (Å²) in [5.74, 6) is -3.75. The molecule has 4 N–H and O–H groups in total. The number of imide groups is 4. The molecule has 0 spiro atoms. The molecule has 0 bridgehead atoms. The average Bonchev–Trinajstić information content (AvgIpc) is 3.56. The minimum absolute atomic E-state index is 0.0231. The van der Waals surface area contributed by atoms with Gasteiger partial charge < -0.3 is 36.9 Å². The third-order valence-corrected chi connectivity index (χ3v) is 13.2. The molecule has 86 heavy (non-hydrogen) atoms. The summed E-state index contributed by atoms with van der Waals surface area (Å²) in [5, 5.41) is 34.0. The number of aromatic hydroxyl groups is 2. The number of nitrogen functional groups attached to an aromatic ring is 1. The molecule has 0 aliphatic carbocycles. The number of nitrogens with two attached hydrogens (primary N) is 1. The number of thioether (sulfide) groups is 1. The summed E-state index contributed by atoms with van der Waals surface area (Å²) in [6, 6.07) is 31.9. The lowest BCUT2D eigenvalue weighted by molar-refractivity contribution is -0.122. The van der Waals surface area contributed by atoms with E-state index in [0.717, 1.165) is 56.1 Å². The third-order valence-electron chi connectivity index (χ3n) is 10.2. The van der Waals surface area contributed by atoms with Crippen LogP contribution in [0.5, 0.6) is 28.7 Å². The summed E-state index contributed by atoms with van der Waals surface area (Å²) in [5.41, 5.74) is 6.83. The van der Waals surface area contributed by atoms with Gasteiger partial charge in [-0.25, -0.2) is 19.6 Å². The number of allylic oxidation sites excluding steroid dienone is 2. The van der Waals surface area contributed by atoms with Gasteiger partial charge in [0.25, 0.3) is 35.4 Å². The number of carbonyl (C=O) groups is 8. The summed E-state index contributed by atoms with van der Waals surface area (Å²) in [6.07, 6.45) is 11.6. The Kier molecular flexibility index (Phi) is 23.0. The van der Waals surface area contributed by atoms with Crippen LogP contribution in [-0.2, 0) is 76.9 Å². The van der Waals surface area contributed by atoms with Gasteiger partial charge in [-0.05, 0) is 66.9 Å². The summed E-state index contributed by atoms with van der Waals surface area (Å²) >= 11 is 1.27. The second kappa shape index (κ2) is 30.0. The van der Waals surface area contributed by atoms with Crippen LogP contribution in [0.1, 0.15) is 6.42 Å². The Morgan fingerprint density at radius 2 is 0.860 bits per heavy atom. The fourth-order valence-corrected chi connectivity index (χ4v) is 9.15. The van der Waals surface area contributed by atoms with Gasteiger partial charge in [0, 0.05) is 78.9 Å². The van der Waals surface area contributed by atoms with Gasteiger partial charge in [-0.15, -0.1) is 16.8 Å². The number of rotatable bonds is 15. The third kappa shape index (κ3) is 19.7. The molecule has 5 aromatic carbocycles. The predicted molar refractivity (Wildman–Crippen MR) is 305 cm³/mol. The van der Waals surface area contributed by atoms with E-state index in [2.05, 4.69) is 16.7 Å². The van der Waals surface area contributed by atoms with E-state index in [9.17, 15) is 68.7 Å². The van der Waals surface area contributed by atoms with Crippen LogP contribution in [0.2, 0.25) is 0 Å². The number of phenolic OH excluding ortho intramolecular Hbond substituents is 2. The van der Waals surface area contributed by atoms with Crippen molar-refractivity contribution < 1.29 is 94.7 Å². The number of amides is 8. The van der Waals surface area contributed by atoms with Gasteiger partial charge in [0.15, 0.2) is 0 Å². The van der Waals surface area contributed by atoms with Crippen LogP contribution in [0.25, 0.3) is 0 Å². The first-order chi connectivity index (χ1) is 40.6. The lowest BCUT2D eigenvalue weighted by Gasteiger charge is -2.15. The van der Waals surface area contributed by atoms with Gasteiger partial charge in [-0.3, -0.25) is 38.4 Å². The molecule has 9 rings (SSSR count). The number of nitrogens with zero attached hydrogens (tertiary/aromatic N) is 6. The van der Waals surface area contributed by atoms with Crippen molar-refractivity contribution in [1.29, 1.82) is 10.5 Å². The number of nitriles is 2. The number of hydrogen-bond donors (Lipinski definition) is 3.